The van der Waals surface area contributed by atoms with Gasteiger partial charge in [0, 0.05) is 63.0 Å². The number of nitrogens with zero attached hydrogens (tertiary/aromatic N) is 7. The van der Waals surface area contributed by atoms with E-state index in [4.69, 9.17) is 34.5 Å². The molecule has 3 aromatic rings. The number of carbonyl (C=O) groups is 1. The first-order valence-corrected chi connectivity index (χ1v) is 15.0. The maximum atomic E-state index is 13.9. The Morgan fingerprint density at radius 2 is 2.02 bits per heavy atom. The van der Waals surface area contributed by atoms with Crippen molar-refractivity contribution in [2.45, 2.75) is 38.3 Å². The molecule has 0 unspecified atom stereocenters. The number of fused-ring (bicyclic) bond motifs is 2. The van der Waals surface area contributed by atoms with Crippen LogP contribution >= 0.6 is 11.6 Å². The van der Waals surface area contributed by atoms with E-state index < -0.39 is 37.1 Å². The molecular weight excluding hydrogens is 581 g/mol. The quantitative estimate of drug-likeness (QED) is 0.309. The van der Waals surface area contributed by atoms with Crippen LogP contribution in [-0.4, -0.2) is 85.0 Å². The summed E-state index contributed by atoms with van der Waals surface area (Å²) < 4.78 is 66.9. The van der Waals surface area contributed by atoms with Crippen LogP contribution in [0.15, 0.2) is 48.8 Å². The average Bonchev–Trinajstić information content (AvgIpc) is 3.84. The van der Waals surface area contributed by atoms with Crippen molar-refractivity contribution in [2.75, 3.05) is 63.1 Å². The lowest BCUT2D eigenvalue weighted by molar-refractivity contribution is -0.131. The molecule has 1 aliphatic carbocycles. The van der Waals surface area contributed by atoms with Crippen molar-refractivity contribution in [3.05, 3.63) is 65.1 Å². The molecule has 9 nitrogen and oxygen atoms in total. The number of piperazine rings is 1. The Kier molecular flexibility index (Phi) is 6.51. The third-order valence-corrected chi connectivity index (χ3v) is 9.07. The first-order valence-electron chi connectivity index (χ1n) is 17.6. The summed E-state index contributed by atoms with van der Waals surface area (Å²) in [6, 6.07) is 13.3. The fourth-order valence-electron chi connectivity index (χ4n) is 6.29. The third kappa shape index (κ3) is 6.04. The van der Waals surface area contributed by atoms with Crippen molar-refractivity contribution in [1.82, 2.24) is 19.8 Å². The largest absolute Gasteiger partial charge is 0.463 e. The molecule has 2 aliphatic heterocycles. The molecule has 1 atom stereocenters. The summed E-state index contributed by atoms with van der Waals surface area (Å²) in [5, 5.41) is 12.1. The lowest BCUT2D eigenvalue weighted by Crippen LogP contribution is -2.55. The molecule has 6 rings (SSSR count). The molecule has 3 aliphatic rings. The molecule has 0 spiro atoms. The normalized spacial score (nSPS) is 21.7. The maximum absolute atomic E-state index is 13.9. The van der Waals surface area contributed by atoms with Gasteiger partial charge in [-0.25, -0.2) is 4.39 Å². The Bertz CT molecular complexity index is 1830. The summed E-state index contributed by atoms with van der Waals surface area (Å²) in [5.41, 5.74) is 1.82. The van der Waals surface area contributed by atoms with Crippen LogP contribution in [-0.2, 0) is 17.8 Å². The number of benzene rings is 2. The highest BCUT2D eigenvalue weighted by Gasteiger charge is 2.44. The average molecular weight is 624 g/mol. The van der Waals surface area contributed by atoms with E-state index in [1.807, 2.05) is 41.3 Å². The van der Waals surface area contributed by atoms with E-state index in [1.54, 1.807) is 0 Å². The molecule has 2 aromatic carbocycles. The molecule has 0 radical (unpaired) electrons. The first-order chi connectivity index (χ1) is 23.6. The molecule has 1 amide bonds. The Morgan fingerprint density at radius 1 is 1.23 bits per heavy atom. The fraction of sp³-hybridized carbons (Fsp3) is 0.455. The SMILES string of the molecule is [2H]C([2H])([2H])N(CC1(COc2nc3c(c(N4CCN(C(=O)C(=C)F)[C@@H](CC#N)C4)n2)CCN(c2cccc4cccc(Cl)c24)C3)CC1)C([2H])([2H])[2H]. The van der Waals surface area contributed by atoms with E-state index in [9.17, 15) is 14.4 Å². The Morgan fingerprint density at radius 3 is 2.75 bits per heavy atom. The number of amides is 1. The lowest BCUT2D eigenvalue weighted by Gasteiger charge is -2.42. The monoisotopic (exact) mass is 623 g/mol. The molecule has 2 fully saturated rings. The number of hydrogen-bond acceptors (Lipinski definition) is 8. The predicted molar refractivity (Wildman–Crippen MR) is 170 cm³/mol. The molecule has 3 heterocycles. The number of hydrogen-bond donors (Lipinski definition) is 0. The van der Waals surface area contributed by atoms with Gasteiger partial charge in [0.1, 0.15) is 5.82 Å². The summed E-state index contributed by atoms with van der Waals surface area (Å²) in [6.45, 7) is -1.00. The summed E-state index contributed by atoms with van der Waals surface area (Å²) in [6.07, 6.45) is 1.70. The van der Waals surface area contributed by atoms with Crippen LogP contribution in [0.3, 0.4) is 0 Å². The molecule has 1 aromatic heterocycles. The highest BCUT2D eigenvalue weighted by Crippen LogP contribution is 2.46. The summed E-state index contributed by atoms with van der Waals surface area (Å²) in [4.78, 5) is 28.3. The van der Waals surface area contributed by atoms with Crippen LogP contribution in [0.1, 0.15) is 38.7 Å². The molecule has 0 N–H and O–H groups in total. The van der Waals surface area contributed by atoms with Gasteiger partial charge in [-0.3, -0.25) is 4.79 Å². The van der Waals surface area contributed by atoms with Crippen molar-refractivity contribution in [3.8, 4) is 12.1 Å². The second-order valence-corrected chi connectivity index (χ2v) is 12.2. The zero-order valence-electron chi connectivity index (χ0n) is 30.2. The molecule has 44 heavy (non-hydrogen) atoms. The van der Waals surface area contributed by atoms with Crippen LogP contribution in [0.5, 0.6) is 6.01 Å². The summed E-state index contributed by atoms with van der Waals surface area (Å²) >= 11 is 6.68. The minimum atomic E-state index is -2.82. The van der Waals surface area contributed by atoms with Gasteiger partial charge in [-0.15, -0.1) is 0 Å². The van der Waals surface area contributed by atoms with Gasteiger partial charge in [0.05, 0.1) is 42.4 Å². The zero-order valence-corrected chi connectivity index (χ0v) is 25.0. The number of nitriles is 1. The van der Waals surface area contributed by atoms with Gasteiger partial charge in [0.25, 0.3) is 5.91 Å². The van der Waals surface area contributed by atoms with Crippen LogP contribution < -0.4 is 14.5 Å². The van der Waals surface area contributed by atoms with Crippen molar-refractivity contribution in [2.24, 2.45) is 5.41 Å². The van der Waals surface area contributed by atoms with E-state index in [0.717, 1.165) is 22.0 Å². The van der Waals surface area contributed by atoms with Crippen LogP contribution in [0, 0.1) is 16.7 Å². The first kappa shape index (κ1) is 23.4. The van der Waals surface area contributed by atoms with Crippen molar-refractivity contribution < 1.29 is 22.1 Å². The highest BCUT2D eigenvalue weighted by molar-refractivity contribution is 6.36. The van der Waals surface area contributed by atoms with Crippen molar-refractivity contribution in [1.29, 1.82) is 5.26 Å². The van der Waals surface area contributed by atoms with E-state index in [0.29, 0.717) is 60.3 Å². The van der Waals surface area contributed by atoms with Gasteiger partial charge in [-0.05, 0) is 50.7 Å². The molecule has 1 saturated carbocycles. The van der Waals surface area contributed by atoms with Gasteiger partial charge in [0.2, 0.25) is 0 Å². The fourth-order valence-corrected chi connectivity index (χ4v) is 6.57. The minimum Gasteiger partial charge on any atom is -0.463 e. The highest BCUT2D eigenvalue weighted by atomic mass is 35.5. The van der Waals surface area contributed by atoms with E-state index in [1.165, 1.54) is 4.90 Å². The number of carbonyl (C=O) groups excluding carboxylic acids is 1. The maximum Gasteiger partial charge on any atom is 0.318 e. The number of ether oxygens (including phenoxy) is 1. The molecular formula is C33H37ClFN7O2. The molecule has 11 heteroatoms. The lowest BCUT2D eigenvalue weighted by atomic mass is 10.0. The predicted octanol–water partition coefficient (Wildman–Crippen LogP) is 4.98. The zero-order chi connectivity index (χ0) is 36.0. The second-order valence-electron chi connectivity index (χ2n) is 11.8. The molecule has 230 valence electrons. The molecule has 1 saturated heterocycles. The topological polar surface area (TPSA) is 88.8 Å². The number of anilines is 2. The third-order valence-electron chi connectivity index (χ3n) is 8.76. The summed E-state index contributed by atoms with van der Waals surface area (Å²) in [7, 11) is 0. The van der Waals surface area contributed by atoms with Crippen molar-refractivity contribution >= 4 is 39.8 Å². The van der Waals surface area contributed by atoms with Crippen LogP contribution in [0.25, 0.3) is 10.8 Å². The van der Waals surface area contributed by atoms with Gasteiger partial charge in [-0.1, -0.05) is 42.4 Å². The summed E-state index contributed by atoms with van der Waals surface area (Å²) in [5.74, 6) is -1.36. The van der Waals surface area contributed by atoms with Crippen LogP contribution in [0.4, 0.5) is 15.9 Å². The Labute approximate surface area is 270 Å². The van der Waals surface area contributed by atoms with E-state index in [2.05, 4.69) is 17.5 Å². The second kappa shape index (κ2) is 12.2. The molecule has 0 bridgehead atoms. The Balaban J connectivity index is 1.33. The van der Waals surface area contributed by atoms with Crippen LogP contribution in [0.2, 0.25) is 5.02 Å². The van der Waals surface area contributed by atoms with Gasteiger partial charge in [-0.2, -0.15) is 15.2 Å². The Hall–Kier alpha value is -3.94. The van der Waals surface area contributed by atoms with Gasteiger partial charge >= 0.3 is 6.01 Å². The standard InChI is InChI=1S/C33H37ClFN7O2/c1-22(35)31(43)42-17-16-41(18-24(42)10-14-36)30-25-11-15-40(28-9-5-7-23-6-4-8-26(34)29(23)28)19-27(25)37-32(38-30)44-21-33(12-13-33)20-39(2)3/h4-9,24H,1,10-13,15-21H2,2-3H3/t24-/m0/s1/i2D3,3D3. The smallest absolute Gasteiger partial charge is 0.318 e. The van der Waals surface area contributed by atoms with E-state index in [-0.39, 0.29) is 38.7 Å². The number of rotatable bonds is 9. The van der Waals surface area contributed by atoms with Crippen molar-refractivity contribution in [3.63, 3.8) is 0 Å². The van der Waals surface area contributed by atoms with Gasteiger partial charge in [0.15, 0.2) is 5.83 Å². The van der Waals surface area contributed by atoms with E-state index >= 15 is 0 Å². The van der Waals surface area contributed by atoms with Gasteiger partial charge < -0.3 is 24.3 Å². The number of aromatic nitrogens is 2. The number of halogens is 2. The minimum absolute atomic E-state index is 0.00841.